The minimum atomic E-state index is 0.186. The minimum absolute atomic E-state index is 0.186. The molecule has 1 saturated carbocycles. The summed E-state index contributed by atoms with van der Waals surface area (Å²) in [5, 5.41) is 9.03. The largest absolute Gasteiger partial charge is 0.396 e. The number of aliphatic hydroxyl groups excluding tert-OH is 1. The fraction of sp³-hybridized carbons (Fsp3) is 1.00. The molecule has 64 valence electrons. The van der Waals surface area contributed by atoms with Crippen molar-refractivity contribution in [2.45, 2.75) is 38.4 Å². The molecule has 1 heterocycles. The topological polar surface area (TPSA) is 32.8 Å². The van der Waals surface area contributed by atoms with Crippen molar-refractivity contribution in [3.63, 3.8) is 0 Å². The van der Waals surface area contributed by atoms with Gasteiger partial charge in [-0.2, -0.15) is 0 Å². The van der Waals surface area contributed by atoms with Crippen LogP contribution in [0.4, 0.5) is 0 Å². The van der Waals surface area contributed by atoms with Gasteiger partial charge in [-0.25, -0.2) is 0 Å². The lowest BCUT2D eigenvalue weighted by molar-refractivity contribution is 0.144. The predicted molar refractivity (Wildman–Crippen MR) is 42.3 cm³/mol. The lowest BCUT2D eigenvalue weighted by Crippen LogP contribution is -2.30. The Morgan fingerprint density at radius 2 is 2.36 bits per heavy atom. The number of hydrogen-bond donors (Lipinski definition) is 1. The van der Waals surface area contributed by atoms with Crippen LogP contribution in [0.25, 0.3) is 0 Å². The molecule has 1 saturated heterocycles. The highest BCUT2D eigenvalue weighted by molar-refractivity contribution is 5.05. The smallest absolute Gasteiger partial charge is 0.0923 e. The van der Waals surface area contributed by atoms with Gasteiger partial charge in [0.05, 0.1) is 11.7 Å². The van der Waals surface area contributed by atoms with Crippen molar-refractivity contribution < 1.29 is 9.84 Å². The summed E-state index contributed by atoms with van der Waals surface area (Å²) in [5.41, 5.74) is 0.186. The summed E-state index contributed by atoms with van der Waals surface area (Å²) < 4.78 is 5.56. The molecule has 0 spiro atoms. The van der Waals surface area contributed by atoms with E-state index in [-0.39, 0.29) is 5.60 Å². The summed E-state index contributed by atoms with van der Waals surface area (Å²) in [6, 6.07) is 0. The molecule has 2 rings (SSSR count). The van der Waals surface area contributed by atoms with E-state index in [0.717, 1.165) is 12.8 Å². The molecule has 2 aliphatic rings. The van der Waals surface area contributed by atoms with Gasteiger partial charge in [-0.1, -0.05) is 6.92 Å². The zero-order valence-corrected chi connectivity index (χ0v) is 7.21. The van der Waals surface area contributed by atoms with E-state index >= 15 is 0 Å². The van der Waals surface area contributed by atoms with Gasteiger partial charge in [-0.3, -0.25) is 0 Å². The molecule has 0 aromatic carbocycles. The van der Waals surface area contributed by atoms with Crippen LogP contribution in [0.1, 0.15) is 26.7 Å². The number of ether oxygens (including phenoxy) is 1. The fourth-order valence-corrected chi connectivity index (χ4v) is 2.34. The Kier molecular flexibility index (Phi) is 1.52. The third-order valence-corrected chi connectivity index (χ3v) is 3.32. The number of fused-ring (bicyclic) bond motifs is 1. The summed E-state index contributed by atoms with van der Waals surface area (Å²) >= 11 is 0. The quantitative estimate of drug-likeness (QED) is 0.578. The Labute approximate surface area is 67.6 Å². The third-order valence-electron chi connectivity index (χ3n) is 3.32. The zero-order valence-electron chi connectivity index (χ0n) is 7.21. The molecule has 1 N–H and O–H groups in total. The first-order chi connectivity index (χ1) is 5.15. The first-order valence-electron chi connectivity index (χ1n) is 4.44. The Morgan fingerprint density at radius 1 is 1.64 bits per heavy atom. The molecule has 11 heavy (non-hydrogen) atoms. The lowest BCUT2D eigenvalue weighted by Gasteiger charge is -2.27. The van der Waals surface area contributed by atoms with Crippen LogP contribution in [-0.2, 0) is 4.74 Å². The van der Waals surface area contributed by atoms with Gasteiger partial charge in [0, 0.05) is 6.61 Å². The van der Waals surface area contributed by atoms with E-state index in [9.17, 15) is 0 Å². The second-order valence-electron chi connectivity index (χ2n) is 4.28. The van der Waals surface area contributed by atoms with Crippen LogP contribution in [0.2, 0.25) is 0 Å². The summed E-state index contributed by atoms with van der Waals surface area (Å²) in [7, 11) is 0. The number of aliphatic hydroxyl groups is 1. The molecule has 0 aromatic heterocycles. The Hall–Kier alpha value is -0.0800. The van der Waals surface area contributed by atoms with Crippen molar-refractivity contribution in [1.82, 2.24) is 0 Å². The molecule has 2 fully saturated rings. The average molecular weight is 156 g/mol. The van der Waals surface area contributed by atoms with Crippen LogP contribution in [-0.4, -0.2) is 23.4 Å². The molecule has 1 aliphatic carbocycles. The molecule has 2 nitrogen and oxygen atoms in total. The second kappa shape index (κ2) is 2.20. The molecule has 0 aromatic rings. The predicted octanol–water partition coefficient (Wildman–Crippen LogP) is 1.18. The summed E-state index contributed by atoms with van der Waals surface area (Å²) in [4.78, 5) is 0. The van der Waals surface area contributed by atoms with Gasteiger partial charge < -0.3 is 9.84 Å². The van der Waals surface area contributed by atoms with Gasteiger partial charge in [0.1, 0.15) is 0 Å². The Bertz CT molecular complexity index is 169. The minimum Gasteiger partial charge on any atom is -0.396 e. The highest BCUT2D eigenvalue weighted by Gasteiger charge is 2.57. The normalized spacial score (nSPS) is 55.4. The Balaban J connectivity index is 2.01. The lowest BCUT2D eigenvalue weighted by atomic mass is 9.76. The van der Waals surface area contributed by atoms with Crippen LogP contribution in [0, 0.1) is 11.8 Å². The molecular formula is C9H16O2. The van der Waals surface area contributed by atoms with Crippen LogP contribution in [0.15, 0.2) is 0 Å². The highest BCUT2D eigenvalue weighted by atomic mass is 16.6. The summed E-state index contributed by atoms with van der Waals surface area (Å²) in [6.45, 7) is 4.73. The third kappa shape index (κ3) is 1.09. The average Bonchev–Trinajstić information content (AvgIpc) is 2.57. The SMILES string of the molecule is CC1CC2(C)OC2CC1CO. The van der Waals surface area contributed by atoms with E-state index in [1.165, 1.54) is 0 Å². The summed E-state index contributed by atoms with van der Waals surface area (Å²) in [5.74, 6) is 1.11. The maximum atomic E-state index is 9.03. The van der Waals surface area contributed by atoms with Crippen molar-refractivity contribution in [2.75, 3.05) is 6.61 Å². The van der Waals surface area contributed by atoms with Gasteiger partial charge in [-0.15, -0.1) is 0 Å². The van der Waals surface area contributed by atoms with Gasteiger partial charge >= 0.3 is 0 Å². The molecule has 4 atom stereocenters. The van der Waals surface area contributed by atoms with Crippen molar-refractivity contribution in [3.05, 3.63) is 0 Å². The number of hydrogen-bond acceptors (Lipinski definition) is 2. The molecular weight excluding hydrogens is 140 g/mol. The van der Waals surface area contributed by atoms with Crippen LogP contribution >= 0.6 is 0 Å². The van der Waals surface area contributed by atoms with Crippen LogP contribution < -0.4 is 0 Å². The summed E-state index contributed by atoms with van der Waals surface area (Å²) in [6.07, 6.45) is 2.65. The maximum absolute atomic E-state index is 9.03. The van der Waals surface area contributed by atoms with Gasteiger partial charge in [0.25, 0.3) is 0 Å². The Morgan fingerprint density at radius 3 is 3.00 bits per heavy atom. The van der Waals surface area contributed by atoms with Crippen LogP contribution in [0.5, 0.6) is 0 Å². The van der Waals surface area contributed by atoms with E-state index in [1.54, 1.807) is 0 Å². The standard InChI is InChI=1S/C9H16O2/c1-6-4-9(2)8(11-9)3-7(6)5-10/h6-8,10H,3-5H2,1-2H3. The van der Waals surface area contributed by atoms with Gasteiger partial charge in [0.15, 0.2) is 0 Å². The zero-order chi connectivity index (χ0) is 8.06. The van der Waals surface area contributed by atoms with Crippen molar-refractivity contribution >= 4 is 0 Å². The van der Waals surface area contributed by atoms with E-state index in [4.69, 9.17) is 9.84 Å². The van der Waals surface area contributed by atoms with Crippen molar-refractivity contribution in [2.24, 2.45) is 11.8 Å². The van der Waals surface area contributed by atoms with E-state index in [2.05, 4.69) is 13.8 Å². The monoisotopic (exact) mass is 156 g/mol. The fourth-order valence-electron chi connectivity index (χ4n) is 2.34. The van der Waals surface area contributed by atoms with E-state index in [1.807, 2.05) is 0 Å². The molecule has 0 amide bonds. The molecule has 0 radical (unpaired) electrons. The van der Waals surface area contributed by atoms with Crippen LogP contribution in [0.3, 0.4) is 0 Å². The number of rotatable bonds is 1. The maximum Gasteiger partial charge on any atom is 0.0923 e. The second-order valence-corrected chi connectivity index (χ2v) is 4.28. The molecule has 4 unspecified atom stereocenters. The van der Waals surface area contributed by atoms with E-state index < -0.39 is 0 Å². The molecule has 1 aliphatic heterocycles. The number of epoxide rings is 1. The van der Waals surface area contributed by atoms with Crippen molar-refractivity contribution in [3.8, 4) is 0 Å². The van der Waals surface area contributed by atoms with E-state index in [0.29, 0.717) is 24.5 Å². The first kappa shape index (κ1) is 7.56. The van der Waals surface area contributed by atoms with Crippen molar-refractivity contribution in [1.29, 1.82) is 0 Å². The van der Waals surface area contributed by atoms with Gasteiger partial charge in [0.2, 0.25) is 0 Å². The highest BCUT2D eigenvalue weighted by Crippen LogP contribution is 2.51. The first-order valence-corrected chi connectivity index (χ1v) is 4.44. The molecule has 2 heteroatoms. The van der Waals surface area contributed by atoms with Gasteiger partial charge in [-0.05, 0) is 31.6 Å². The molecule has 0 bridgehead atoms.